The van der Waals surface area contributed by atoms with Gasteiger partial charge in [-0.05, 0) is 22.9 Å². The van der Waals surface area contributed by atoms with Gasteiger partial charge in [-0.1, -0.05) is 0 Å². The van der Waals surface area contributed by atoms with Gasteiger partial charge >= 0.3 is 0 Å². The second-order valence-corrected chi connectivity index (χ2v) is 4.03. The van der Waals surface area contributed by atoms with Crippen LogP contribution >= 0.6 is 27.3 Å². The highest BCUT2D eigenvalue weighted by molar-refractivity contribution is 9.11. The summed E-state index contributed by atoms with van der Waals surface area (Å²) in [6.07, 6.45) is 1.27. The van der Waals surface area contributed by atoms with Crippen LogP contribution < -0.4 is 0 Å². The molecule has 1 atom stereocenters. The van der Waals surface area contributed by atoms with Gasteiger partial charge in [0.1, 0.15) is 0 Å². The second kappa shape index (κ2) is 2.77. The zero-order valence-electron chi connectivity index (χ0n) is 4.84. The molecule has 9 heavy (non-hydrogen) atoms. The summed E-state index contributed by atoms with van der Waals surface area (Å²) in [5.41, 5.74) is 0. The predicted octanol–water partition coefficient (Wildman–Crippen LogP) is 1.96. The van der Waals surface area contributed by atoms with Crippen molar-refractivity contribution in [2.75, 3.05) is 0 Å². The van der Waals surface area contributed by atoms with Crippen LogP contribution in [0.1, 0.15) is 17.9 Å². The van der Waals surface area contributed by atoms with Crippen molar-refractivity contribution in [2.24, 2.45) is 0 Å². The first-order chi connectivity index (χ1) is 4.20. The Morgan fingerprint density at radius 2 is 2.56 bits per heavy atom. The van der Waals surface area contributed by atoms with Crippen molar-refractivity contribution in [3.8, 4) is 0 Å². The fourth-order valence-electron chi connectivity index (χ4n) is 0.457. The Bertz CT molecular complexity index is 199. The molecule has 0 fully saturated rings. The predicted molar refractivity (Wildman–Crippen MR) is 40.4 cm³/mol. The summed E-state index contributed by atoms with van der Waals surface area (Å²) in [6.45, 7) is 1.72. The second-order valence-electron chi connectivity index (χ2n) is 1.69. The molecule has 1 heterocycles. The van der Waals surface area contributed by atoms with E-state index in [0.29, 0.717) is 0 Å². The molecule has 2 nitrogen and oxygen atoms in total. The van der Waals surface area contributed by atoms with Crippen LogP contribution in [0.15, 0.2) is 10.1 Å². The monoisotopic (exact) mass is 207 g/mol. The molecular formula is C5H6BrNOS. The van der Waals surface area contributed by atoms with Crippen LogP contribution in [0.5, 0.6) is 0 Å². The van der Waals surface area contributed by atoms with Gasteiger partial charge < -0.3 is 5.11 Å². The Morgan fingerprint density at radius 1 is 1.89 bits per heavy atom. The van der Waals surface area contributed by atoms with Crippen LogP contribution in [0, 0.1) is 0 Å². The van der Waals surface area contributed by atoms with E-state index in [2.05, 4.69) is 20.9 Å². The van der Waals surface area contributed by atoms with E-state index in [0.717, 1.165) is 8.79 Å². The Labute approximate surface area is 65.7 Å². The van der Waals surface area contributed by atoms with Gasteiger partial charge in [0.2, 0.25) is 0 Å². The summed E-state index contributed by atoms with van der Waals surface area (Å²) in [4.78, 5) is 4.80. The minimum absolute atomic E-state index is 0.395. The third kappa shape index (κ3) is 1.74. The first kappa shape index (κ1) is 7.18. The first-order valence-corrected chi connectivity index (χ1v) is 4.10. The molecule has 1 aromatic rings. The largest absolute Gasteiger partial charge is 0.388 e. The van der Waals surface area contributed by atoms with Gasteiger partial charge in [0, 0.05) is 6.20 Å². The number of aromatic nitrogens is 1. The highest BCUT2D eigenvalue weighted by atomic mass is 79.9. The van der Waals surface area contributed by atoms with Crippen molar-refractivity contribution in [1.29, 1.82) is 0 Å². The van der Waals surface area contributed by atoms with Crippen molar-refractivity contribution >= 4 is 27.3 Å². The minimum Gasteiger partial charge on any atom is -0.388 e. The summed E-state index contributed by atoms with van der Waals surface area (Å²) in [7, 11) is 0. The first-order valence-electron chi connectivity index (χ1n) is 2.49. The Morgan fingerprint density at radius 3 is 2.78 bits per heavy atom. The lowest BCUT2D eigenvalue weighted by Crippen LogP contribution is -1.83. The van der Waals surface area contributed by atoms with E-state index < -0.39 is 6.10 Å². The van der Waals surface area contributed by atoms with Gasteiger partial charge in [-0.15, -0.1) is 11.3 Å². The Hall–Kier alpha value is 0.0700. The molecule has 0 spiro atoms. The number of hydrogen-bond donors (Lipinski definition) is 1. The molecule has 0 aromatic carbocycles. The van der Waals surface area contributed by atoms with Crippen molar-refractivity contribution in [3.63, 3.8) is 0 Å². The molecule has 1 rings (SSSR count). The number of aliphatic hydroxyl groups is 1. The van der Waals surface area contributed by atoms with Crippen LogP contribution in [-0.4, -0.2) is 10.1 Å². The standard InChI is InChI=1S/C5H6BrNOS/c1-3(8)4-2-7-5(6)9-4/h2-3,8H,1H3/t3-/m1/s1. The van der Waals surface area contributed by atoms with E-state index >= 15 is 0 Å². The third-order valence-corrected chi connectivity index (χ3v) is 2.55. The molecule has 0 aliphatic rings. The van der Waals surface area contributed by atoms with Crippen LogP contribution in [0.25, 0.3) is 0 Å². The number of rotatable bonds is 1. The number of nitrogens with zero attached hydrogens (tertiary/aromatic N) is 1. The van der Waals surface area contributed by atoms with Crippen molar-refractivity contribution < 1.29 is 5.11 Å². The summed E-state index contributed by atoms with van der Waals surface area (Å²) in [5.74, 6) is 0. The number of thiazole rings is 1. The van der Waals surface area contributed by atoms with Crippen molar-refractivity contribution in [3.05, 3.63) is 15.0 Å². The molecule has 0 aliphatic heterocycles. The Kier molecular flexibility index (Phi) is 2.21. The minimum atomic E-state index is -0.395. The quantitative estimate of drug-likeness (QED) is 0.765. The molecule has 0 saturated heterocycles. The van der Waals surface area contributed by atoms with Crippen molar-refractivity contribution in [2.45, 2.75) is 13.0 Å². The van der Waals surface area contributed by atoms with Gasteiger partial charge in [-0.2, -0.15) is 0 Å². The van der Waals surface area contributed by atoms with Crippen LogP contribution in [0.4, 0.5) is 0 Å². The van der Waals surface area contributed by atoms with Gasteiger partial charge in [0.15, 0.2) is 3.92 Å². The average molecular weight is 208 g/mol. The fourth-order valence-corrected chi connectivity index (χ4v) is 1.70. The van der Waals surface area contributed by atoms with E-state index in [9.17, 15) is 0 Å². The van der Waals surface area contributed by atoms with E-state index in [1.54, 1.807) is 13.1 Å². The lowest BCUT2D eigenvalue weighted by atomic mass is 10.4. The number of halogens is 1. The van der Waals surface area contributed by atoms with E-state index in [1.807, 2.05) is 0 Å². The average Bonchev–Trinajstić information content (AvgIpc) is 2.14. The van der Waals surface area contributed by atoms with Crippen LogP contribution in [0.2, 0.25) is 0 Å². The zero-order valence-corrected chi connectivity index (χ0v) is 7.24. The molecule has 0 radical (unpaired) electrons. The molecular weight excluding hydrogens is 202 g/mol. The number of hydrogen-bond acceptors (Lipinski definition) is 3. The van der Waals surface area contributed by atoms with E-state index in [-0.39, 0.29) is 0 Å². The lowest BCUT2D eigenvalue weighted by molar-refractivity contribution is 0.203. The topological polar surface area (TPSA) is 33.1 Å². The summed E-state index contributed by atoms with van der Waals surface area (Å²) < 4.78 is 0.818. The maximum absolute atomic E-state index is 8.99. The van der Waals surface area contributed by atoms with Gasteiger partial charge in [0.25, 0.3) is 0 Å². The van der Waals surface area contributed by atoms with Gasteiger partial charge in [-0.3, -0.25) is 0 Å². The smallest absolute Gasteiger partial charge is 0.159 e. The molecule has 1 aromatic heterocycles. The van der Waals surface area contributed by atoms with Crippen LogP contribution in [-0.2, 0) is 0 Å². The summed E-state index contributed by atoms with van der Waals surface area (Å²) >= 11 is 4.65. The van der Waals surface area contributed by atoms with Gasteiger partial charge in [0.05, 0.1) is 11.0 Å². The summed E-state index contributed by atoms with van der Waals surface area (Å²) in [6, 6.07) is 0. The SMILES string of the molecule is C[C@@H](O)c1cnc(Br)s1. The molecule has 0 aliphatic carbocycles. The molecule has 4 heteroatoms. The molecule has 50 valence electrons. The number of aliphatic hydroxyl groups excluding tert-OH is 1. The lowest BCUT2D eigenvalue weighted by Gasteiger charge is -1.94. The normalized spacial score (nSPS) is 13.7. The molecule has 0 unspecified atom stereocenters. The highest BCUT2D eigenvalue weighted by Crippen LogP contribution is 2.23. The molecule has 0 amide bonds. The molecule has 0 bridgehead atoms. The summed E-state index contributed by atoms with van der Waals surface area (Å²) in [5, 5.41) is 8.99. The van der Waals surface area contributed by atoms with E-state index in [1.165, 1.54) is 11.3 Å². The molecule has 1 N–H and O–H groups in total. The third-order valence-electron chi connectivity index (χ3n) is 0.907. The molecule has 0 saturated carbocycles. The van der Waals surface area contributed by atoms with Crippen LogP contribution in [0.3, 0.4) is 0 Å². The van der Waals surface area contributed by atoms with Gasteiger partial charge in [-0.25, -0.2) is 4.98 Å². The highest BCUT2D eigenvalue weighted by Gasteiger charge is 2.03. The zero-order chi connectivity index (χ0) is 6.85. The Balaban J connectivity index is 2.85. The fraction of sp³-hybridized carbons (Fsp3) is 0.400. The van der Waals surface area contributed by atoms with Crippen molar-refractivity contribution in [1.82, 2.24) is 4.98 Å². The maximum atomic E-state index is 8.99. The van der Waals surface area contributed by atoms with E-state index in [4.69, 9.17) is 5.11 Å². The maximum Gasteiger partial charge on any atom is 0.159 e.